The molecule has 8 amide bonds. The molecule has 0 saturated heterocycles. The number of amides is 8. The van der Waals surface area contributed by atoms with E-state index in [4.69, 9.17) is 25.2 Å². The molecule has 0 aliphatic carbocycles. The van der Waals surface area contributed by atoms with E-state index < -0.39 is 36.0 Å². The minimum Gasteiger partial charge on any atom is -0.457 e. The number of nitrogens with two attached hydrogens (primary N) is 1. The van der Waals surface area contributed by atoms with Crippen LogP contribution in [0.15, 0.2) is 134 Å². The predicted molar refractivity (Wildman–Crippen MR) is 296 cm³/mol. The third-order valence-electron chi connectivity index (χ3n) is 12.9. The van der Waals surface area contributed by atoms with Crippen molar-refractivity contribution in [2.75, 3.05) is 18.4 Å². The van der Waals surface area contributed by atoms with Gasteiger partial charge in [0.05, 0.1) is 23.6 Å². The van der Waals surface area contributed by atoms with E-state index in [1.165, 1.54) is 23.4 Å². The maximum atomic E-state index is 14.3. The van der Waals surface area contributed by atoms with E-state index in [9.17, 15) is 33.6 Å². The Labute approximate surface area is 461 Å². The molecule has 22 nitrogen and oxygen atoms in total. The highest BCUT2D eigenvalue weighted by atomic mass is 16.6. The molecule has 80 heavy (non-hydrogen) atoms. The number of benzene rings is 3. The van der Waals surface area contributed by atoms with Crippen LogP contribution in [0, 0.1) is 12.8 Å². The highest BCUT2D eigenvalue weighted by Gasteiger charge is 2.30. The molecule has 414 valence electrons. The smallest absolute Gasteiger partial charge is 0.410 e. The standard InChI is InChI=1S/C58H63N13O9/c1-37(2)52(68-49(72)20-8-5-9-30-70-50(73)27-28-51(70)74)56(76)65-46(19-12-29-60-57(59)77)55(75)64-42-24-21-39(22-25-42)35-79-58(78)69(32-40-14-11-17-44(31-40)80-43-15-6-4-7-16-43)34-47-66-53(41-23-26-48-61-36-62-71(48)33-41)54(67-47)45-18-10-13-38(3)63-45/h4,6-7,10-11,13-18,21-28,31,33,36-37,46,52H,5,8-9,12,19-20,29-30,32,34-35H2,1-3H3,(H,64,75)(H,65,76)(H,66,67)(H,68,72)(H3,59,60,77)/t46-,52?/m0/s1. The summed E-state index contributed by atoms with van der Waals surface area (Å²) in [6.07, 6.45) is 7.18. The Hall–Kier alpha value is -9.73. The molecule has 0 bridgehead atoms. The number of aromatic amines is 1. The van der Waals surface area contributed by atoms with Crippen LogP contribution in [0.25, 0.3) is 28.3 Å². The van der Waals surface area contributed by atoms with Gasteiger partial charge >= 0.3 is 12.1 Å². The van der Waals surface area contributed by atoms with Gasteiger partial charge in [0.25, 0.3) is 11.8 Å². The number of nitrogens with zero attached hydrogens (tertiary/aromatic N) is 7. The number of para-hydroxylation sites is 1. The second-order valence-electron chi connectivity index (χ2n) is 19.5. The molecule has 1 aliphatic heterocycles. The fourth-order valence-corrected chi connectivity index (χ4v) is 8.81. The molecule has 7 N–H and O–H groups in total. The van der Waals surface area contributed by atoms with Crippen LogP contribution < -0.4 is 31.7 Å². The third-order valence-corrected chi connectivity index (χ3v) is 12.9. The molecule has 4 aromatic heterocycles. The van der Waals surface area contributed by atoms with Gasteiger partial charge in [-0.05, 0) is 110 Å². The van der Waals surface area contributed by atoms with Crippen molar-refractivity contribution < 1.29 is 43.0 Å². The lowest BCUT2D eigenvalue weighted by atomic mass is 10.0. The van der Waals surface area contributed by atoms with Crippen LogP contribution >= 0.6 is 0 Å². The summed E-state index contributed by atoms with van der Waals surface area (Å²) in [5, 5.41) is 15.2. The van der Waals surface area contributed by atoms with Crippen molar-refractivity contribution in [3.8, 4) is 34.1 Å². The minimum atomic E-state index is -1.08. The zero-order valence-electron chi connectivity index (χ0n) is 44.6. The molecule has 3 aromatic carbocycles. The predicted octanol–water partition coefficient (Wildman–Crippen LogP) is 7.12. The van der Waals surface area contributed by atoms with E-state index in [0.29, 0.717) is 70.6 Å². The normalized spacial score (nSPS) is 12.8. The molecule has 7 aromatic rings. The maximum Gasteiger partial charge on any atom is 0.410 e. The average Bonchev–Trinajstić information content (AvgIpc) is 4.20. The van der Waals surface area contributed by atoms with Crippen LogP contribution in [0.5, 0.6) is 11.5 Å². The van der Waals surface area contributed by atoms with Crippen molar-refractivity contribution in [1.29, 1.82) is 0 Å². The zero-order valence-corrected chi connectivity index (χ0v) is 44.6. The molecule has 0 fully saturated rings. The number of ether oxygens (including phenoxy) is 2. The zero-order chi connectivity index (χ0) is 56.5. The van der Waals surface area contributed by atoms with Gasteiger partial charge in [0.2, 0.25) is 17.7 Å². The van der Waals surface area contributed by atoms with Gasteiger partial charge in [-0.3, -0.25) is 38.8 Å². The summed E-state index contributed by atoms with van der Waals surface area (Å²) in [7, 11) is 0. The summed E-state index contributed by atoms with van der Waals surface area (Å²) >= 11 is 0. The fraction of sp³-hybridized carbons (Fsp3) is 0.293. The number of carbonyl (C=O) groups excluding carboxylic acids is 7. The number of nitrogens with one attached hydrogen (secondary N) is 5. The summed E-state index contributed by atoms with van der Waals surface area (Å²) in [5.74, 6) is -0.862. The van der Waals surface area contributed by atoms with Gasteiger partial charge < -0.3 is 41.5 Å². The van der Waals surface area contributed by atoms with Crippen LogP contribution in [-0.2, 0) is 48.4 Å². The summed E-state index contributed by atoms with van der Waals surface area (Å²) in [5.41, 5.74) is 11.1. The number of primary amides is 1. The SMILES string of the molecule is Cc1cccc(-c2[nH]c(CN(Cc3cccc(Oc4ccccc4)c3)C(=O)OCc3ccc(NC(=O)[C@H](CCCNC(N)=O)NC(=O)C(NC(=O)CCCCCN4C(=O)C=CC4=O)C(C)C)cc3)nc2-c2ccc3ncnn3c2)n1. The third kappa shape index (κ3) is 15.7. The van der Waals surface area contributed by atoms with Crippen molar-refractivity contribution in [1.82, 2.24) is 55.3 Å². The van der Waals surface area contributed by atoms with E-state index in [-0.39, 0.29) is 75.7 Å². The van der Waals surface area contributed by atoms with Gasteiger partial charge in [-0.1, -0.05) is 68.8 Å². The Morgan fingerprint density at radius 2 is 1.54 bits per heavy atom. The minimum absolute atomic E-state index is 0.00561. The van der Waals surface area contributed by atoms with Crippen LogP contribution in [0.3, 0.4) is 0 Å². The summed E-state index contributed by atoms with van der Waals surface area (Å²) < 4.78 is 13.8. The van der Waals surface area contributed by atoms with Gasteiger partial charge in [0.1, 0.15) is 42.3 Å². The molecule has 0 spiro atoms. The first-order valence-electron chi connectivity index (χ1n) is 26.3. The molecule has 8 rings (SSSR count). The number of imidazole rings is 1. The van der Waals surface area contributed by atoms with Crippen LogP contribution in [0.4, 0.5) is 15.3 Å². The van der Waals surface area contributed by atoms with Crippen LogP contribution in [0.1, 0.15) is 75.0 Å². The van der Waals surface area contributed by atoms with Gasteiger partial charge in [0.15, 0.2) is 5.65 Å². The quantitative estimate of drug-likeness (QED) is 0.0233. The first-order chi connectivity index (χ1) is 38.6. The number of H-pyrrole nitrogens is 1. The van der Waals surface area contributed by atoms with Gasteiger partial charge in [-0.2, -0.15) is 5.10 Å². The molecule has 0 radical (unpaired) electrons. The number of anilines is 1. The molecule has 1 unspecified atom stereocenters. The summed E-state index contributed by atoms with van der Waals surface area (Å²) in [4.78, 5) is 110. The number of unbranched alkanes of at least 4 members (excludes halogenated alkanes) is 2. The Bertz CT molecular complexity index is 3340. The Kier molecular flexibility index (Phi) is 19.1. The number of carbonyl (C=O) groups is 7. The van der Waals surface area contributed by atoms with Crippen molar-refractivity contribution in [3.63, 3.8) is 0 Å². The molecular weight excluding hydrogens is 1020 g/mol. The van der Waals surface area contributed by atoms with Crippen molar-refractivity contribution >= 4 is 53.0 Å². The monoisotopic (exact) mass is 1090 g/mol. The van der Waals surface area contributed by atoms with Gasteiger partial charge in [-0.25, -0.2) is 24.1 Å². The lowest BCUT2D eigenvalue weighted by Crippen LogP contribution is -2.54. The molecule has 1 aliphatic rings. The largest absolute Gasteiger partial charge is 0.457 e. The number of hydrogen-bond acceptors (Lipinski definition) is 13. The lowest BCUT2D eigenvalue weighted by Gasteiger charge is -2.25. The number of aromatic nitrogens is 6. The van der Waals surface area contributed by atoms with Gasteiger partial charge in [0, 0.05) is 61.3 Å². The Balaban J connectivity index is 0.932. The number of hydrogen-bond donors (Lipinski definition) is 6. The van der Waals surface area contributed by atoms with Crippen molar-refractivity contribution in [2.24, 2.45) is 11.7 Å². The lowest BCUT2D eigenvalue weighted by molar-refractivity contribution is -0.137. The first-order valence-corrected chi connectivity index (χ1v) is 26.3. The Morgan fingerprint density at radius 1 is 0.775 bits per heavy atom. The van der Waals surface area contributed by atoms with Gasteiger partial charge in [-0.15, -0.1) is 0 Å². The fourth-order valence-electron chi connectivity index (χ4n) is 8.81. The first kappa shape index (κ1) is 56.5. The van der Waals surface area contributed by atoms with E-state index in [1.54, 1.807) is 42.6 Å². The maximum absolute atomic E-state index is 14.3. The second-order valence-corrected chi connectivity index (χ2v) is 19.5. The van der Waals surface area contributed by atoms with E-state index in [0.717, 1.165) is 21.7 Å². The van der Waals surface area contributed by atoms with E-state index in [1.807, 2.05) is 98.0 Å². The highest BCUT2D eigenvalue weighted by molar-refractivity contribution is 6.12. The molecule has 0 saturated carbocycles. The number of aryl methyl sites for hydroxylation is 1. The number of fused-ring (bicyclic) bond motifs is 1. The van der Waals surface area contributed by atoms with Crippen molar-refractivity contribution in [3.05, 3.63) is 157 Å². The van der Waals surface area contributed by atoms with Crippen molar-refractivity contribution in [2.45, 2.75) is 91.1 Å². The van der Waals surface area contributed by atoms with Crippen LogP contribution in [-0.4, -0.2) is 106 Å². The number of imide groups is 1. The number of pyridine rings is 2. The topological polar surface area (TPSA) is 290 Å². The number of rotatable bonds is 26. The summed E-state index contributed by atoms with van der Waals surface area (Å²) in [6, 6.07) is 30.1. The van der Waals surface area contributed by atoms with E-state index in [2.05, 4.69) is 36.3 Å². The number of urea groups is 1. The molecule has 2 atom stereocenters. The second kappa shape index (κ2) is 27.0. The highest BCUT2D eigenvalue weighted by Crippen LogP contribution is 2.31. The Morgan fingerprint density at radius 3 is 2.29 bits per heavy atom. The van der Waals surface area contributed by atoms with Crippen LogP contribution in [0.2, 0.25) is 0 Å². The summed E-state index contributed by atoms with van der Waals surface area (Å²) in [6.45, 7) is 5.82. The van der Waals surface area contributed by atoms with E-state index >= 15 is 0 Å². The molecule has 5 heterocycles. The molecule has 22 heteroatoms. The average molecular weight is 1090 g/mol. The molecular formula is C58H63N13O9.